The van der Waals surface area contributed by atoms with Crippen molar-refractivity contribution in [1.82, 2.24) is 10.3 Å². The maximum atomic E-state index is 12.7. The molecule has 0 fully saturated rings. The Labute approximate surface area is 193 Å². The largest absolute Gasteiger partial charge is 0.494 e. The molecule has 4 aromatic rings. The highest BCUT2D eigenvalue weighted by atomic mass is 35.5. The molecule has 6 nitrogen and oxygen atoms in total. The number of hydrogen-bond donors (Lipinski definition) is 2. The Bertz CT molecular complexity index is 1270. The van der Waals surface area contributed by atoms with E-state index in [-0.39, 0.29) is 21.4 Å². The minimum Gasteiger partial charge on any atom is -0.494 e. The minimum absolute atomic E-state index is 0.0757. The van der Waals surface area contributed by atoms with Crippen molar-refractivity contribution in [3.8, 4) is 17.2 Å². The molecular weight excluding hydrogens is 457 g/mol. The van der Waals surface area contributed by atoms with E-state index < -0.39 is 5.91 Å². The van der Waals surface area contributed by atoms with Gasteiger partial charge in [-0.15, -0.1) is 0 Å². The van der Waals surface area contributed by atoms with Gasteiger partial charge in [0.25, 0.3) is 5.91 Å². The van der Waals surface area contributed by atoms with Crippen molar-refractivity contribution in [2.75, 3.05) is 12.4 Å². The summed E-state index contributed by atoms with van der Waals surface area (Å²) in [4.78, 5) is 17.3. The van der Waals surface area contributed by atoms with Gasteiger partial charge in [-0.2, -0.15) is 0 Å². The van der Waals surface area contributed by atoms with Crippen LogP contribution < -0.4 is 15.4 Å². The van der Waals surface area contributed by atoms with Crippen LogP contribution in [0.4, 0.5) is 5.69 Å². The maximum Gasteiger partial charge on any atom is 0.261 e. The van der Waals surface area contributed by atoms with Gasteiger partial charge >= 0.3 is 0 Å². The molecule has 1 heterocycles. The summed E-state index contributed by atoms with van der Waals surface area (Å²) in [6.07, 6.45) is 0. The molecule has 0 spiro atoms. The molecule has 3 aromatic carbocycles. The molecule has 0 aliphatic rings. The zero-order valence-corrected chi connectivity index (χ0v) is 18.4. The third kappa shape index (κ3) is 4.49. The summed E-state index contributed by atoms with van der Waals surface area (Å²) in [5, 5.41) is 6.23. The molecule has 0 saturated carbocycles. The van der Waals surface area contributed by atoms with Crippen LogP contribution in [0.15, 0.2) is 65.1 Å². The van der Waals surface area contributed by atoms with E-state index >= 15 is 0 Å². The molecule has 1 amide bonds. The number of fused-ring (bicyclic) bond motifs is 1. The van der Waals surface area contributed by atoms with E-state index in [1.165, 1.54) is 19.2 Å². The molecule has 0 radical (unpaired) electrons. The van der Waals surface area contributed by atoms with Crippen LogP contribution in [0, 0.1) is 0 Å². The number of nitrogens with zero attached hydrogens (tertiary/aromatic N) is 1. The highest BCUT2D eigenvalue weighted by Gasteiger charge is 2.19. The van der Waals surface area contributed by atoms with Gasteiger partial charge in [0.2, 0.25) is 5.89 Å². The van der Waals surface area contributed by atoms with Gasteiger partial charge in [0.1, 0.15) is 11.3 Å². The summed E-state index contributed by atoms with van der Waals surface area (Å²) in [6, 6.07) is 17.8. The van der Waals surface area contributed by atoms with Gasteiger partial charge in [-0.1, -0.05) is 47.5 Å². The molecule has 9 heteroatoms. The molecular formula is C22H15Cl2N3O3S. The normalized spacial score (nSPS) is 10.7. The summed E-state index contributed by atoms with van der Waals surface area (Å²) in [7, 11) is 1.42. The van der Waals surface area contributed by atoms with Crippen LogP contribution in [0.2, 0.25) is 10.0 Å². The summed E-state index contributed by atoms with van der Waals surface area (Å²) >= 11 is 17.5. The highest BCUT2D eigenvalue weighted by Crippen LogP contribution is 2.32. The van der Waals surface area contributed by atoms with Gasteiger partial charge in [-0.25, -0.2) is 4.98 Å². The first-order valence-corrected chi connectivity index (χ1v) is 10.2. The topological polar surface area (TPSA) is 76.4 Å². The van der Waals surface area contributed by atoms with Gasteiger partial charge < -0.3 is 14.5 Å². The standard InChI is InChI=1S/C22H15Cl2N3O3S/c1-29-19-14(10-12(23)11-15(19)24)20(28)27-22(31)26-16-7-3-2-6-13(16)21-25-17-8-4-5-9-18(17)30-21/h2-11H,1H3,(H2,26,27,28,31). The van der Waals surface area contributed by atoms with Crippen molar-refractivity contribution in [1.29, 1.82) is 0 Å². The van der Waals surface area contributed by atoms with Gasteiger partial charge in [0.15, 0.2) is 10.7 Å². The van der Waals surface area contributed by atoms with Crippen LogP contribution >= 0.6 is 35.4 Å². The van der Waals surface area contributed by atoms with Crippen LogP contribution in [-0.4, -0.2) is 23.1 Å². The van der Waals surface area contributed by atoms with Crippen molar-refractivity contribution < 1.29 is 13.9 Å². The number of benzene rings is 3. The Morgan fingerprint density at radius 1 is 1.10 bits per heavy atom. The highest BCUT2D eigenvalue weighted by molar-refractivity contribution is 7.80. The maximum absolute atomic E-state index is 12.7. The monoisotopic (exact) mass is 471 g/mol. The molecule has 0 atom stereocenters. The second-order valence-corrected chi connectivity index (χ2v) is 7.66. The average molecular weight is 472 g/mol. The molecule has 2 N–H and O–H groups in total. The lowest BCUT2D eigenvalue weighted by Gasteiger charge is -2.14. The molecule has 0 aliphatic heterocycles. The van der Waals surface area contributed by atoms with Crippen molar-refractivity contribution in [3.63, 3.8) is 0 Å². The number of anilines is 1. The number of carbonyl (C=O) groups is 1. The number of rotatable bonds is 4. The van der Waals surface area contributed by atoms with E-state index in [4.69, 9.17) is 44.6 Å². The van der Waals surface area contributed by atoms with E-state index in [2.05, 4.69) is 15.6 Å². The molecule has 1 aromatic heterocycles. The molecule has 0 unspecified atom stereocenters. The Balaban J connectivity index is 1.57. The number of ether oxygens (including phenoxy) is 1. The van der Waals surface area contributed by atoms with Crippen molar-refractivity contribution >= 4 is 63.2 Å². The fourth-order valence-corrected chi connectivity index (χ4v) is 3.80. The third-order valence-corrected chi connectivity index (χ3v) is 5.09. The number of halogens is 2. The summed E-state index contributed by atoms with van der Waals surface area (Å²) in [6.45, 7) is 0. The predicted molar refractivity (Wildman–Crippen MR) is 126 cm³/mol. The Hall–Kier alpha value is -3.13. The molecule has 0 bridgehead atoms. The van der Waals surface area contributed by atoms with Gasteiger partial charge in [0, 0.05) is 5.02 Å². The SMILES string of the molecule is COc1c(Cl)cc(Cl)cc1C(=O)NC(=S)Nc1ccccc1-c1nc2ccccc2o1. The lowest BCUT2D eigenvalue weighted by Crippen LogP contribution is -2.34. The Morgan fingerprint density at radius 3 is 2.61 bits per heavy atom. The number of nitrogens with one attached hydrogen (secondary N) is 2. The second kappa shape index (κ2) is 8.93. The third-order valence-electron chi connectivity index (χ3n) is 4.38. The smallest absolute Gasteiger partial charge is 0.261 e. The first-order chi connectivity index (χ1) is 15.0. The van der Waals surface area contributed by atoms with Crippen molar-refractivity contribution in [3.05, 3.63) is 76.3 Å². The summed E-state index contributed by atoms with van der Waals surface area (Å²) in [5.41, 5.74) is 2.90. The molecule has 0 saturated heterocycles. The van der Waals surface area contributed by atoms with Gasteiger partial charge in [0.05, 0.1) is 28.9 Å². The summed E-state index contributed by atoms with van der Waals surface area (Å²) in [5.74, 6) is 0.123. The number of methoxy groups -OCH3 is 1. The molecule has 0 aliphatic carbocycles. The number of aromatic nitrogens is 1. The van der Waals surface area contributed by atoms with E-state index in [1.807, 2.05) is 42.5 Å². The van der Waals surface area contributed by atoms with Gasteiger partial charge in [-0.3, -0.25) is 10.1 Å². The number of oxazole rings is 1. The van der Waals surface area contributed by atoms with Crippen molar-refractivity contribution in [2.45, 2.75) is 0 Å². The zero-order chi connectivity index (χ0) is 22.0. The lowest BCUT2D eigenvalue weighted by atomic mass is 10.1. The second-order valence-electron chi connectivity index (χ2n) is 6.41. The predicted octanol–water partition coefficient (Wildman–Crippen LogP) is 5.94. The van der Waals surface area contributed by atoms with E-state index in [0.29, 0.717) is 27.7 Å². The minimum atomic E-state index is -0.516. The van der Waals surface area contributed by atoms with Gasteiger partial charge in [-0.05, 0) is 48.6 Å². The lowest BCUT2D eigenvalue weighted by molar-refractivity contribution is 0.0975. The molecule has 31 heavy (non-hydrogen) atoms. The van der Waals surface area contributed by atoms with E-state index in [1.54, 1.807) is 6.07 Å². The van der Waals surface area contributed by atoms with Crippen LogP contribution in [0.3, 0.4) is 0 Å². The quantitative estimate of drug-likeness (QED) is 0.358. The average Bonchev–Trinajstić information content (AvgIpc) is 3.17. The number of amides is 1. The van der Waals surface area contributed by atoms with E-state index in [9.17, 15) is 4.79 Å². The van der Waals surface area contributed by atoms with Crippen LogP contribution in [-0.2, 0) is 0 Å². The van der Waals surface area contributed by atoms with Crippen molar-refractivity contribution in [2.24, 2.45) is 0 Å². The van der Waals surface area contributed by atoms with Crippen LogP contribution in [0.1, 0.15) is 10.4 Å². The van der Waals surface area contributed by atoms with E-state index in [0.717, 1.165) is 5.52 Å². The number of para-hydroxylation sites is 3. The zero-order valence-electron chi connectivity index (χ0n) is 16.1. The first-order valence-electron chi connectivity index (χ1n) is 9.06. The van der Waals surface area contributed by atoms with Crippen LogP contribution in [0.25, 0.3) is 22.6 Å². The Morgan fingerprint density at radius 2 is 1.84 bits per heavy atom. The molecule has 4 rings (SSSR count). The fourth-order valence-electron chi connectivity index (χ4n) is 3.03. The summed E-state index contributed by atoms with van der Waals surface area (Å²) < 4.78 is 11.1. The molecule has 156 valence electrons. The number of hydrogen-bond acceptors (Lipinski definition) is 5. The first kappa shape index (κ1) is 21.1. The number of carbonyl (C=O) groups excluding carboxylic acids is 1. The number of thiocarbonyl (C=S) groups is 1. The Kier molecular flexibility index (Phi) is 6.08. The fraction of sp³-hybridized carbons (Fsp3) is 0.0455. The van der Waals surface area contributed by atoms with Crippen LogP contribution in [0.5, 0.6) is 5.75 Å².